The van der Waals surface area contributed by atoms with E-state index < -0.39 is 53.8 Å². The number of amides is 1. The molecule has 1 aromatic heterocycles. The fourth-order valence-electron chi connectivity index (χ4n) is 6.23. The maximum absolute atomic E-state index is 14.0. The largest absolute Gasteiger partial charge is 0.493 e. The summed E-state index contributed by atoms with van der Waals surface area (Å²) >= 11 is 0. The van der Waals surface area contributed by atoms with Crippen LogP contribution in [0.25, 0.3) is 6.08 Å². The minimum atomic E-state index is -0.962. The van der Waals surface area contributed by atoms with Gasteiger partial charge in [0.2, 0.25) is 0 Å². The fourth-order valence-corrected chi connectivity index (χ4v) is 6.23. The predicted molar refractivity (Wildman–Crippen MR) is 213 cm³/mol. The second-order valence-electron chi connectivity index (χ2n) is 15.3. The lowest BCUT2D eigenvalue weighted by atomic mass is 9.98. The zero-order valence-corrected chi connectivity index (χ0v) is 34.0. The Morgan fingerprint density at radius 1 is 0.982 bits per heavy atom. The maximum atomic E-state index is 14.0. The van der Waals surface area contributed by atoms with Crippen LogP contribution in [0.3, 0.4) is 0 Å². The summed E-state index contributed by atoms with van der Waals surface area (Å²) in [6.45, 7) is 13.1. The average molecular weight is 787 g/mol. The molecule has 1 fully saturated rings. The van der Waals surface area contributed by atoms with Gasteiger partial charge in [0.05, 0.1) is 18.3 Å². The molecule has 0 N–H and O–H groups in total. The quantitative estimate of drug-likeness (QED) is 0.0609. The van der Waals surface area contributed by atoms with Gasteiger partial charge in [0.1, 0.15) is 46.8 Å². The first kappa shape index (κ1) is 42.9. The van der Waals surface area contributed by atoms with Gasteiger partial charge < -0.3 is 37.9 Å². The molecule has 5 atom stereocenters. The van der Waals surface area contributed by atoms with E-state index in [1.807, 2.05) is 39.0 Å². The van der Waals surface area contributed by atoms with Crippen molar-refractivity contribution in [2.24, 2.45) is 5.92 Å². The molecule has 3 heterocycles. The summed E-state index contributed by atoms with van der Waals surface area (Å²) < 4.78 is 47.8. The fraction of sp³-hybridized carbons (Fsp3) is 0.455. The number of methoxy groups -OCH3 is 1. The van der Waals surface area contributed by atoms with Gasteiger partial charge in [-0.25, -0.2) is 19.4 Å². The molecule has 3 aromatic rings. The number of carbonyl (C=O) groups excluding carboxylic acids is 3. The monoisotopic (exact) mass is 786 g/mol. The molecule has 2 aromatic carbocycles. The van der Waals surface area contributed by atoms with Gasteiger partial charge in [-0.15, -0.1) is 0 Å². The first-order valence-electron chi connectivity index (χ1n) is 19.2. The minimum absolute atomic E-state index is 0.135. The van der Waals surface area contributed by atoms with E-state index in [1.54, 1.807) is 101 Å². The molecule has 306 valence electrons. The molecular formula is C44H54N2O11. The predicted octanol–water partition coefficient (Wildman–Crippen LogP) is 8.18. The van der Waals surface area contributed by atoms with Crippen LogP contribution in [0, 0.1) is 5.92 Å². The number of nitrogens with zero attached hydrogens (tertiary/aromatic N) is 2. The zero-order valence-electron chi connectivity index (χ0n) is 34.0. The van der Waals surface area contributed by atoms with E-state index in [-0.39, 0.29) is 37.2 Å². The normalized spacial score (nSPS) is 23.1. The van der Waals surface area contributed by atoms with Crippen LogP contribution in [0.2, 0.25) is 0 Å². The molecule has 0 radical (unpaired) electrons. The molecule has 5 rings (SSSR count). The van der Waals surface area contributed by atoms with E-state index in [4.69, 9.17) is 37.9 Å². The van der Waals surface area contributed by atoms with Crippen molar-refractivity contribution in [2.75, 3.05) is 32.0 Å². The van der Waals surface area contributed by atoms with Crippen LogP contribution in [-0.2, 0) is 28.4 Å². The van der Waals surface area contributed by atoms with Gasteiger partial charge in [0.25, 0.3) is 0 Å². The van der Waals surface area contributed by atoms with Crippen LogP contribution in [0.15, 0.2) is 85.1 Å². The molecule has 0 spiro atoms. The van der Waals surface area contributed by atoms with E-state index in [0.717, 1.165) is 0 Å². The van der Waals surface area contributed by atoms with Crippen LogP contribution < -0.4 is 14.4 Å². The van der Waals surface area contributed by atoms with Crippen LogP contribution in [-0.4, -0.2) is 85.9 Å². The molecule has 1 unspecified atom stereocenters. The summed E-state index contributed by atoms with van der Waals surface area (Å²) in [6.07, 6.45) is 6.57. The summed E-state index contributed by atoms with van der Waals surface area (Å²) in [7, 11) is 1.48. The summed E-state index contributed by atoms with van der Waals surface area (Å²) in [5.41, 5.74) is 0.379. The Morgan fingerprint density at radius 2 is 1.74 bits per heavy atom. The zero-order chi connectivity index (χ0) is 41.2. The highest BCUT2D eigenvalue weighted by molar-refractivity contribution is 5.97. The Kier molecular flexibility index (Phi) is 14.5. The van der Waals surface area contributed by atoms with Gasteiger partial charge in [0, 0.05) is 31.8 Å². The minimum Gasteiger partial charge on any atom is -0.493 e. The van der Waals surface area contributed by atoms with Crippen molar-refractivity contribution in [1.82, 2.24) is 4.98 Å². The molecule has 2 aliphatic rings. The highest BCUT2D eigenvalue weighted by Crippen LogP contribution is 2.36. The van der Waals surface area contributed by atoms with Gasteiger partial charge in [0.15, 0.2) is 12.6 Å². The van der Waals surface area contributed by atoms with Gasteiger partial charge in [-0.05, 0) is 96.4 Å². The molecule has 0 saturated carbocycles. The van der Waals surface area contributed by atoms with Gasteiger partial charge in [-0.1, -0.05) is 49.4 Å². The van der Waals surface area contributed by atoms with E-state index in [0.29, 0.717) is 35.5 Å². The highest BCUT2D eigenvalue weighted by Gasteiger charge is 2.45. The summed E-state index contributed by atoms with van der Waals surface area (Å²) in [6, 6.07) is 17.4. The van der Waals surface area contributed by atoms with Crippen molar-refractivity contribution >= 4 is 29.9 Å². The van der Waals surface area contributed by atoms with Crippen molar-refractivity contribution in [3.8, 4) is 11.5 Å². The highest BCUT2D eigenvalue weighted by atomic mass is 16.8. The third kappa shape index (κ3) is 12.1. The Morgan fingerprint density at radius 3 is 2.44 bits per heavy atom. The molecular weight excluding hydrogens is 732 g/mol. The van der Waals surface area contributed by atoms with E-state index >= 15 is 0 Å². The lowest BCUT2D eigenvalue weighted by Gasteiger charge is -2.26. The SMILES string of the molecule is COCOc1cc(OCCCN(C(=O)OC(C)(C)C)c2ccccn2)cc2c1C(=O)O[C@@H](C)[C@H](C)/C=C\C(OC(=O)c1ccccc1)[C@H]1OC(C)(C)O[C@H]1C/C=C/2. The first-order valence-corrected chi connectivity index (χ1v) is 19.2. The smallest absolute Gasteiger partial charge is 0.416 e. The molecule has 13 nitrogen and oxygen atoms in total. The van der Waals surface area contributed by atoms with Gasteiger partial charge in [-0.3, -0.25) is 4.90 Å². The van der Waals surface area contributed by atoms with E-state index in [2.05, 4.69) is 4.98 Å². The number of aromatic nitrogens is 1. The van der Waals surface area contributed by atoms with Gasteiger partial charge in [-0.2, -0.15) is 0 Å². The Bertz CT molecular complexity index is 1870. The van der Waals surface area contributed by atoms with Gasteiger partial charge >= 0.3 is 18.0 Å². The molecule has 1 saturated heterocycles. The summed E-state index contributed by atoms with van der Waals surface area (Å²) in [5.74, 6) is -1.28. The number of ether oxygens (including phenoxy) is 8. The Labute approximate surface area is 334 Å². The lowest BCUT2D eigenvalue weighted by molar-refractivity contribution is -0.152. The van der Waals surface area contributed by atoms with Crippen LogP contribution in [0.5, 0.6) is 11.5 Å². The number of rotatable bonds is 11. The molecule has 57 heavy (non-hydrogen) atoms. The van der Waals surface area contributed by atoms with E-state index in [1.165, 1.54) is 12.0 Å². The van der Waals surface area contributed by atoms with Crippen molar-refractivity contribution in [3.63, 3.8) is 0 Å². The van der Waals surface area contributed by atoms with Crippen LogP contribution in [0.4, 0.5) is 10.6 Å². The molecule has 13 heteroatoms. The third-order valence-electron chi connectivity index (χ3n) is 9.08. The topological polar surface area (TPSA) is 141 Å². The number of esters is 2. The number of pyridine rings is 1. The van der Waals surface area contributed by atoms with E-state index in [9.17, 15) is 14.4 Å². The number of hydrogen-bond acceptors (Lipinski definition) is 12. The van der Waals surface area contributed by atoms with Crippen molar-refractivity contribution in [3.05, 3.63) is 102 Å². The van der Waals surface area contributed by atoms with Crippen molar-refractivity contribution in [1.29, 1.82) is 0 Å². The summed E-state index contributed by atoms with van der Waals surface area (Å²) in [5, 5.41) is 0. The third-order valence-corrected chi connectivity index (χ3v) is 9.08. The molecule has 2 aliphatic heterocycles. The first-order chi connectivity index (χ1) is 27.1. The number of cyclic esters (lactones) is 1. The second kappa shape index (κ2) is 19.3. The maximum Gasteiger partial charge on any atom is 0.416 e. The molecule has 0 aliphatic carbocycles. The summed E-state index contributed by atoms with van der Waals surface area (Å²) in [4.78, 5) is 46.2. The van der Waals surface area contributed by atoms with Crippen LogP contribution in [0.1, 0.15) is 87.6 Å². The number of hydrogen-bond donors (Lipinski definition) is 0. The van der Waals surface area contributed by atoms with Crippen LogP contribution >= 0.6 is 0 Å². The lowest BCUT2D eigenvalue weighted by Crippen LogP contribution is -2.38. The number of carbonyl (C=O) groups is 3. The Balaban J connectivity index is 1.43. The second-order valence-corrected chi connectivity index (χ2v) is 15.3. The van der Waals surface area contributed by atoms with Crippen molar-refractivity contribution < 1.29 is 52.3 Å². The van der Waals surface area contributed by atoms with Crippen molar-refractivity contribution in [2.45, 2.75) is 97.1 Å². The Hall–Kier alpha value is -5.24. The molecule has 1 amide bonds. The standard InChI is InChI=1S/C44H54N2O11/c1-29-21-22-34(54-40(47)31-16-10-9-11-17-31)39-35(55-44(6,7)56-39)19-14-18-32-26-33(27-36(52-28-50-8)38(32)41(48)53-30(29)2)51-25-15-24-46(37-20-12-13-23-45-37)42(49)57-43(3,4)5/h9-14,16-18,20-23,26-27,29-30,34-35,39H,15,19,24-25,28H2,1-8H3/b18-14+,22-21-/t29-,30+,34?,35+,39-/m1/s1. The number of anilines is 1. The number of fused-ring (bicyclic) bond motifs is 2. The molecule has 0 bridgehead atoms. The average Bonchev–Trinajstić information content (AvgIpc) is 3.48. The number of benzene rings is 2.